The fourth-order valence-electron chi connectivity index (χ4n) is 1.90. The molecule has 0 amide bonds. The van der Waals surface area contributed by atoms with Gasteiger partial charge in [-0.2, -0.15) is 0 Å². The van der Waals surface area contributed by atoms with Gasteiger partial charge in [0.05, 0.1) is 13.2 Å². The Bertz CT molecular complexity index is 336. The largest absolute Gasteiger partial charge is 0.493 e. The molecule has 1 heterocycles. The molecule has 0 atom stereocenters. The van der Waals surface area contributed by atoms with Crippen molar-refractivity contribution in [1.82, 2.24) is 0 Å². The van der Waals surface area contributed by atoms with E-state index >= 15 is 0 Å². The molecule has 1 aromatic carbocycles. The smallest absolute Gasteiger partial charge is 0.125 e. The van der Waals surface area contributed by atoms with Crippen molar-refractivity contribution in [2.45, 2.75) is 19.8 Å². The van der Waals surface area contributed by atoms with Gasteiger partial charge < -0.3 is 9.57 Å². The Hall–Kier alpha value is -1.06. The number of ether oxygens (including phenoxy) is 1. The van der Waals surface area contributed by atoms with Crippen molar-refractivity contribution in [3.05, 3.63) is 28.8 Å². The van der Waals surface area contributed by atoms with Crippen LogP contribution < -0.4 is 10.6 Å². The molecule has 1 aliphatic rings. The minimum Gasteiger partial charge on any atom is -0.493 e. The molecule has 1 aromatic rings. The zero-order valence-electron chi connectivity index (χ0n) is 8.38. The highest BCUT2D eigenvalue weighted by Gasteiger charge is 2.15. The van der Waals surface area contributed by atoms with E-state index in [0.717, 1.165) is 25.2 Å². The van der Waals surface area contributed by atoms with E-state index in [1.807, 2.05) is 0 Å². The highest BCUT2D eigenvalue weighted by molar-refractivity contribution is 5.46. The number of fused-ring (bicyclic) bond motifs is 1. The second kappa shape index (κ2) is 3.98. The second-order valence-electron chi connectivity index (χ2n) is 3.62. The van der Waals surface area contributed by atoms with Crippen LogP contribution in [0.15, 0.2) is 12.1 Å². The number of hydrogen-bond donors (Lipinski definition) is 1. The minimum atomic E-state index is 0.569. The van der Waals surface area contributed by atoms with Gasteiger partial charge in [-0.3, -0.25) is 0 Å². The third-order valence-corrected chi connectivity index (χ3v) is 2.54. The zero-order chi connectivity index (χ0) is 9.97. The highest BCUT2D eigenvalue weighted by Crippen LogP contribution is 2.30. The third kappa shape index (κ3) is 1.74. The normalized spacial score (nSPS) is 13.9. The lowest BCUT2D eigenvalue weighted by atomic mass is 10.0. The third-order valence-electron chi connectivity index (χ3n) is 2.54. The van der Waals surface area contributed by atoms with Crippen LogP contribution in [0.3, 0.4) is 0 Å². The quantitative estimate of drug-likeness (QED) is 0.737. The van der Waals surface area contributed by atoms with Crippen LogP contribution in [0.2, 0.25) is 0 Å². The number of rotatable bonds is 3. The molecule has 2 N–H and O–H groups in total. The Kier molecular flexibility index (Phi) is 2.70. The molecule has 0 saturated heterocycles. The SMILES string of the molecule is Cc1cc(CCON)cc2c1OCC2. The van der Waals surface area contributed by atoms with E-state index in [0.29, 0.717) is 6.61 Å². The van der Waals surface area contributed by atoms with E-state index in [2.05, 4.69) is 23.9 Å². The van der Waals surface area contributed by atoms with Gasteiger partial charge in [-0.05, 0) is 30.0 Å². The van der Waals surface area contributed by atoms with E-state index in [1.165, 1.54) is 16.7 Å². The fourth-order valence-corrected chi connectivity index (χ4v) is 1.90. The van der Waals surface area contributed by atoms with Gasteiger partial charge in [0.1, 0.15) is 5.75 Å². The topological polar surface area (TPSA) is 44.5 Å². The van der Waals surface area contributed by atoms with Gasteiger partial charge in [0.2, 0.25) is 0 Å². The first-order chi connectivity index (χ1) is 6.81. The van der Waals surface area contributed by atoms with Gasteiger partial charge in [-0.25, -0.2) is 5.90 Å². The molecular formula is C11H15NO2. The molecular weight excluding hydrogens is 178 g/mol. The molecule has 0 unspecified atom stereocenters. The van der Waals surface area contributed by atoms with Gasteiger partial charge in [0.25, 0.3) is 0 Å². The predicted octanol–water partition coefficient (Wildman–Crippen LogP) is 1.36. The lowest BCUT2D eigenvalue weighted by Crippen LogP contribution is -2.04. The molecule has 0 bridgehead atoms. The number of benzene rings is 1. The zero-order valence-corrected chi connectivity index (χ0v) is 8.38. The summed E-state index contributed by atoms with van der Waals surface area (Å²) in [5.74, 6) is 6.07. The van der Waals surface area contributed by atoms with Crippen molar-refractivity contribution in [3.63, 3.8) is 0 Å². The molecule has 3 nitrogen and oxygen atoms in total. The maximum absolute atomic E-state index is 5.53. The number of nitrogens with two attached hydrogens (primary N) is 1. The van der Waals surface area contributed by atoms with Crippen molar-refractivity contribution in [1.29, 1.82) is 0 Å². The Morgan fingerprint density at radius 1 is 1.50 bits per heavy atom. The number of aryl methyl sites for hydroxylation is 1. The molecule has 0 saturated carbocycles. The monoisotopic (exact) mass is 193 g/mol. The molecule has 0 fully saturated rings. The molecule has 0 radical (unpaired) electrons. The standard InChI is InChI=1S/C11H15NO2/c1-8-6-9(2-5-14-12)7-10-3-4-13-11(8)10/h6-7H,2-5,12H2,1H3. The second-order valence-corrected chi connectivity index (χ2v) is 3.62. The molecule has 76 valence electrons. The van der Waals surface area contributed by atoms with Crippen molar-refractivity contribution in [2.75, 3.05) is 13.2 Å². The van der Waals surface area contributed by atoms with Crippen molar-refractivity contribution in [3.8, 4) is 5.75 Å². The summed E-state index contributed by atoms with van der Waals surface area (Å²) in [7, 11) is 0. The predicted molar refractivity (Wildman–Crippen MR) is 54.2 cm³/mol. The molecule has 1 aliphatic heterocycles. The Morgan fingerprint density at radius 2 is 2.36 bits per heavy atom. The molecule has 0 spiro atoms. The van der Waals surface area contributed by atoms with E-state index in [4.69, 9.17) is 10.6 Å². The Balaban J connectivity index is 2.23. The van der Waals surface area contributed by atoms with Gasteiger partial charge in [-0.1, -0.05) is 12.1 Å². The molecule has 2 rings (SSSR count). The highest BCUT2D eigenvalue weighted by atomic mass is 16.6. The number of hydrogen-bond acceptors (Lipinski definition) is 3. The van der Waals surface area contributed by atoms with E-state index in [-0.39, 0.29) is 0 Å². The average Bonchev–Trinajstić information content (AvgIpc) is 2.63. The van der Waals surface area contributed by atoms with Crippen LogP contribution >= 0.6 is 0 Å². The van der Waals surface area contributed by atoms with Crippen molar-refractivity contribution >= 4 is 0 Å². The summed E-state index contributed by atoms with van der Waals surface area (Å²) < 4.78 is 5.53. The van der Waals surface area contributed by atoms with Crippen LogP contribution in [0.1, 0.15) is 16.7 Å². The van der Waals surface area contributed by atoms with Gasteiger partial charge >= 0.3 is 0 Å². The summed E-state index contributed by atoms with van der Waals surface area (Å²) in [5, 5.41) is 0. The summed E-state index contributed by atoms with van der Waals surface area (Å²) in [6.45, 7) is 3.46. The first kappa shape index (κ1) is 9.49. The molecule has 14 heavy (non-hydrogen) atoms. The summed E-state index contributed by atoms with van der Waals surface area (Å²) in [5.41, 5.74) is 3.81. The lowest BCUT2D eigenvalue weighted by molar-refractivity contribution is 0.141. The van der Waals surface area contributed by atoms with E-state index in [9.17, 15) is 0 Å². The molecule has 0 aliphatic carbocycles. The van der Waals surface area contributed by atoms with Crippen molar-refractivity contribution < 1.29 is 9.57 Å². The van der Waals surface area contributed by atoms with Crippen LogP contribution in [0.5, 0.6) is 5.75 Å². The molecule has 0 aromatic heterocycles. The fraction of sp³-hybridized carbons (Fsp3) is 0.455. The summed E-state index contributed by atoms with van der Waals surface area (Å²) in [4.78, 5) is 4.57. The minimum absolute atomic E-state index is 0.569. The van der Waals surface area contributed by atoms with Crippen LogP contribution in [0, 0.1) is 6.92 Å². The summed E-state index contributed by atoms with van der Waals surface area (Å²) in [6.07, 6.45) is 1.89. The maximum atomic E-state index is 5.53. The average molecular weight is 193 g/mol. The van der Waals surface area contributed by atoms with Crippen molar-refractivity contribution in [2.24, 2.45) is 5.90 Å². The summed E-state index contributed by atoms with van der Waals surface area (Å²) >= 11 is 0. The Morgan fingerprint density at radius 3 is 3.14 bits per heavy atom. The lowest BCUT2D eigenvalue weighted by Gasteiger charge is -2.07. The van der Waals surface area contributed by atoms with Gasteiger partial charge in [0, 0.05) is 6.42 Å². The van der Waals surface area contributed by atoms with Gasteiger partial charge in [0.15, 0.2) is 0 Å². The van der Waals surface area contributed by atoms with Crippen LogP contribution in [0.25, 0.3) is 0 Å². The first-order valence-corrected chi connectivity index (χ1v) is 4.88. The van der Waals surface area contributed by atoms with Gasteiger partial charge in [-0.15, -0.1) is 0 Å². The maximum Gasteiger partial charge on any atom is 0.125 e. The molecule has 3 heteroatoms. The van der Waals surface area contributed by atoms with Crippen LogP contribution in [0.4, 0.5) is 0 Å². The first-order valence-electron chi connectivity index (χ1n) is 4.88. The Labute approximate surface area is 83.8 Å². The van der Waals surface area contributed by atoms with E-state index in [1.54, 1.807) is 0 Å². The van der Waals surface area contributed by atoms with E-state index < -0.39 is 0 Å². The summed E-state index contributed by atoms with van der Waals surface area (Å²) in [6, 6.07) is 4.33. The van der Waals surface area contributed by atoms with Crippen LogP contribution in [-0.2, 0) is 17.7 Å². The van der Waals surface area contributed by atoms with Crippen LogP contribution in [-0.4, -0.2) is 13.2 Å².